The Balaban J connectivity index is 2.03. The van der Waals surface area contributed by atoms with Gasteiger partial charge in [0, 0.05) is 30.9 Å². The number of rotatable bonds is 3. The Morgan fingerprint density at radius 1 is 1.56 bits per heavy atom. The average Bonchev–Trinajstić information content (AvgIpc) is 2.30. The van der Waals surface area contributed by atoms with Crippen LogP contribution in [-0.2, 0) is 0 Å². The zero-order chi connectivity index (χ0) is 11.4. The van der Waals surface area contributed by atoms with Crippen molar-refractivity contribution in [2.45, 2.75) is 25.7 Å². The van der Waals surface area contributed by atoms with Crippen LogP contribution in [0.2, 0.25) is 0 Å². The fourth-order valence-electron chi connectivity index (χ4n) is 2.28. The lowest BCUT2D eigenvalue weighted by Gasteiger charge is -2.31. The van der Waals surface area contributed by atoms with Gasteiger partial charge in [-0.3, -0.25) is 0 Å². The highest BCUT2D eigenvalue weighted by Gasteiger charge is 2.22. The predicted molar refractivity (Wildman–Crippen MR) is 62.3 cm³/mol. The molecule has 0 aliphatic carbocycles. The van der Waals surface area contributed by atoms with Crippen molar-refractivity contribution in [3.63, 3.8) is 0 Å². The molecule has 0 radical (unpaired) electrons. The minimum Gasteiger partial charge on any atom is -0.395 e. The zero-order valence-electron chi connectivity index (χ0n) is 9.76. The Morgan fingerprint density at radius 3 is 3.19 bits per heavy atom. The molecular formula is C12H19N3O. The van der Waals surface area contributed by atoms with E-state index in [1.165, 1.54) is 6.42 Å². The summed E-state index contributed by atoms with van der Waals surface area (Å²) in [6, 6.07) is 1.93. The van der Waals surface area contributed by atoms with Crippen LogP contribution in [0, 0.1) is 6.92 Å². The highest BCUT2D eigenvalue weighted by molar-refractivity contribution is 5.05. The molecule has 0 saturated carbocycles. The molecule has 16 heavy (non-hydrogen) atoms. The molecule has 1 aromatic heterocycles. The fourth-order valence-corrected chi connectivity index (χ4v) is 2.28. The molecule has 1 aliphatic rings. The average molecular weight is 221 g/mol. The largest absolute Gasteiger partial charge is 0.395 e. The first kappa shape index (κ1) is 11.5. The monoisotopic (exact) mass is 221 g/mol. The van der Waals surface area contributed by atoms with E-state index >= 15 is 0 Å². The van der Waals surface area contributed by atoms with Crippen LogP contribution in [-0.4, -0.2) is 46.2 Å². The van der Waals surface area contributed by atoms with Crippen molar-refractivity contribution >= 4 is 0 Å². The van der Waals surface area contributed by atoms with Gasteiger partial charge < -0.3 is 10.0 Å². The summed E-state index contributed by atoms with van der Waals surface area (Å²) < 4.78 is 0. The topological polar surface area (TPSA) is 49.2 Å². The van der Waals surface area contributed by atoms with E-state index in [1.807, 2.05) is 19.2 Å². The van der Waals surface area contributed by atoms with Gasteiger partial charge in [0.05, 0.1) is 6.61 Å². The first-order valence-corrected chi connectivity index (χ1v) is 5.92. The van der Waals surface area contributed by atoms with E-state index in [1.54, 1.807) is 0 Å². The van der Waals surface area contributed by atoms with Gasteiger partial charge >= 0.3 is 0 Å². The molecule has 1 aliphatic heterocycles. The summed E-state index contributed by atoms with van der Waals surface area (Å²) in [6.07, 6.45) is 4.16. The van der Waals surface area contributed by atoms with Gasteiger partial charge in [0.15, 0.2) is 0 Å². The number of hydrogen-bond acceptors (Lipinski definition) is 4. The zero-order valence-corrected chi connectivity index (χ0v) is 9.76. The Morgan fingerprint density at radius 2 is 2.44 bits per heavy atom. The second-order valence-corrected chi connectivity index (χ2v) is 4.42. The first-order chi connectivity index (χ1) is 7.79. The lowest BCUT2D eigenvalue weighted by molar-refractivity contribution is 0.159. The minimum absolute atomic E-state index is 0.237. The molecule has 1 atom stereocenters. The Kier molecular flexibility index (Phi) is 3.85. The summed E-state index contributed by atoms with van der Waals surface area (Å²) in [4.78, 5) is 11.1. The third-order valence-corrected chi connectivity index (χ3v) is 3.10. The number of aryl methyl sites for hydroxylation is 1. The molecule has 2 rings (SSSR count). The van der Waals surface area contributed by atoms with E-state index in [0.29, 0.717) is 5.92 Å². The lowest BCUT2D eigenvalue weighted by atomic mass is 9.97. The van der Waals surface area contributed by atoms with Gasteiger partial charge in [-0.1, -0.05) is 0 Å². The molecule has 0 bridgehead atoms. The van der Waals surface area contributed by atoms with Crippen molar-refractivity contribution in [3.8, 4) is 0 Å². The summed E-state index contributed by atoms with van der Waals surface area (Å²) in [6.45, 7) is 5.07. The summed E-state index contributed by atoms with van der Waals surface area (Å²) in [5.74, 6) is 1.39. The molecule has 1 unspecified atom stereocenters. The number of hydrogen-bond donors (Lipinski definition) is 1. The molecule has 0 aromatic carbocycles. The van der Waals surface area contributed by atoms with Gasteiger partial charge in [-0.25, -0.2) is 9.97 Å². The van der Waals surface area contributed by atoms with Gasteiger partial charge in [0.25, 0.3) is 0 Å². The molecule has 1 fully saturated rings. The van der Waals surface area contributed by atoms with E-state index < -0.39 is 0 Å². The van der Waals surface area contributed by atoms with Crippen molar-refractivity contribution in [1.29, 1.82) is 0 Å². The standard InChI is InChI=1S/C12H19N3O/c1-10-4-5-13-12(14-10)11-3-2-6-15(9-11)7-8-16/h4-5,11,16H,2-3,6-9H2,1H3. The SMILES string of the molecule is Cc1ccnc(C2CCCN(CCO)C2)n1. The van der Waals surface area contributed by atoms with Gasteiger partial charge in [-0.05, 0) is 32.4 Å². The molecule has 0 spiro atoms. The van der Waals surface area contributed by atoms with Gasteiger partial charge in [-0.15, -0.1) is 0 Å². The lowest BCUT2D eigenvalue weighted by Crippen LogP contribution is -2.36. The van der Waals surface area contributed by atoms with E-state index in [-0.39, 0.29) is 6.61 Å². The number of aliphatic hydroxyl groups excluding tert-OH is 1. The third-order valence-electron chi connectivity index (χ3n) is 3.10. The molecule has 2 heterocycles. The van der Waals surface area contributed by atoms with Crippen molar-refractivity contribution in [2.24, 2.45) is 0 Å². The summed E-state index contributed by atoms with van der Waals surface area (Å²) in [7, 11) is 0. The van der Waals surface area contributed by atoms with Gasteiger partial charge in [0.1, 0.15) is 5.82 Å². The normalized spacial score (nSPS) is 22.2. The van der Waals surface area contributed by atoms with E-state index in [2.05, 4.69) is 14.9 Å². The van der Waals surface area contributed by atoms with E-state index in [9.17, 15) is 0 Å². The number of nitrogens with zero attached hydrogens (tertiary/aromatic N) is 3. The molecule has 4 nitrogen and oxygen atoms in total. The van der Waals surface area contributed by atoms with Crippen molar-refractivity contribution in [2.75, 3.05) is 26.2 Å². The van der Waals surface area contributed by atoms with E-state index in [0.717, 1.165) is 37.6 Å². The smallest absolute Gasteiger partial charge is 0.132 e. The molecule has 4 heteroatoms. The van der Waals surface area contributed by atoms with Crippen molar-refractivity contribution in [3.05, 3.63) is 23.8 Å². The van der Waals surface area contributed by atoms with Crippen LogP contribution in [0.4, 0.5) is 0 Å². The summed E-state index contributed by atoms with van der Waals surface area (Å²) in [5.41, 5.74) is 1.03. The highest BCUT2D eigenvalue weighted by atomic mass is 16.3. The van der Waals surface area contributed by atoms with Crippen LogP contribution in [0.3, 0.4) is 0 Å². The maximum absolute atomic E-state index is 8.95. The molecule has 1 aromatic rings. The molecular weight excluding hydrogens is 202 g/mol. The number of piperidine rings is 1. The quantitative estimate of drug-likeness (QED) is 0.826. The fraction of sp³-hybridized carbons (Fsp3) is 0.667. The maximum atomic E-state index is 8.95. The van der Waals surface area contributed by atoms with Crippen LogP contribution in [0.5, 0.6) is 0 Å². The summed E-state index contributed by atoms with van der Waals surface area (Å²) >= 11 is 0. The molecule has 88 valence electrons. The molecule has 0 amide bonds. The number of aliphatic hydroxyl groups is 1. The highest BCUT2D eigenvalue weighted by Crippen LogP contribution is 2.23. The third kappa shape index (κ3) is 2.77. The van der Waals surface area contributed by atoms with Gasteiger partial charge in [0.2, 0.25) is 0 Å². The summed E-state index contributed by atoms with van der Waals surface area (Å²) in [5, 5.41) is 8.95. The Labute approximate surface area is 96.3 Å². The minimum atomic E-state index is 0.237. The predicted octanol–water partition coefficient (Wildman–Crippen LogP) is 0.957. The molecule has 1 N–H and O–H groups in total. The second kappa shape index (κ2) is 5.37. The Hall–Kier alpha value is -1.00. The number of β-amino-alcohol motifs (C(OH)–C–C–N with tert-alkyl or cyclic N) is 1. The van der Waals surface area contributed by atoms with Crippen molar-refractivity contribution < 1.29 is 5.11 Å². The van der Waals surface area contributed by atoms with Crippen molar-refractivity contribution in [1.82, 2.24) is 14.9 Å². The maximum Gasteiger partial charge on any atom is 0.132 e. The van der Waals surface area contributed by atoms with Crippen LogP contribution in [0.25, 0.3) is 0 Å². The van der Waals surface area contributed by atoms with Crippen LogP contribution >= 0.6 is 0 Å². The Bertz CT molecular complexity index is 341. The number of likely N-dealkylation sites (tertiary alicyclic amines) is 1. The van der Waals surface area contributed by atoms with Gasteiger partial charge in [-0.2, -0.15) is 0 Å². The number of aromatic nitrogens is 2. The molecule has 1 saturated heterocycles. The van der Waals surface area contributed by atoms with Crippen LogP contribution < -0.4 is 0 Å². The first-order valence-electron chi connectivity index (χ1n) is 5.92. The van der Waals surface area contributed by atoms with Crippen LogP contribution in [0.1, 0.15) is 30.3 Å². The van der Waals surface area contributed by atoms with Crippen LogP contribution in [0.15, 0.2) is 12.3 Å². The second-order valence-electron chi connectivity index (χ2n) is 4.42. The van der Waals surface area contributed by atoms with E-state index in [4.69, 9.17) is 5.11 Å².